The van der Waals surface area contributed by atoms with Crippen LogP contribution in [0.25, 0.3) is 0 Å². The number of nitrogens with one attached hydrogen (secondary N) is 2. The zero-order valence-corrected chi connectivity index (χ0v) is 18.3. The van der Waals surface area contributed by atoms with Gasteiger partial charge in [-0.1, -0.05) is 43.2 Å². The standard InChI is InChI=1S/C24H29N5O3/c1-24(23(32)25-13-16-7-3-2-4-8-16)14-28-15-26-19(21(30)27-17-9-5-6-10-17)20(28)22(31)29(24)18-11-12-18/h2-4,7-8,15,17-18H,5-6,9-14H2,1H3,(H,25,32)(H,27,30). The fourth-order valence-electron chi connectivity index (χ4n) is 5.01. The number of benzene rings is 1. The van der Waals surface area contributed by atoms with Gasteiger partial charge in [0.2, 0.25) is 5.91 Å². The maximum Gasteiger partial charge on any atom is 0.274 e. The number of carbonyl (C=O) groups is 3. The van der Waals surface area contributed by atoms with Crippen molar-refractivity contribution < 1.29 is 14.4 Å². The van der Waals surface area contributed by atoms with E-state index in [1.807, 2.05) is 37.3 Å². The lowest BCUT2D eigenvalue weighted by Gasteiger charge is -2.44. The summed E-state index contributed by atoms with van der Waals surface area (Å²) in [5, 5.41) is 6.03. The van der Waals surface area contributed by atoms with Crippen molar-refractivity contribution in [2.75, 3.05) is 0 Å². The van der Waals surface area contributed by atoms with Crippen molar-refractivity contribution in [2.45, 2.75) is 76.2 Å². The number of nitrogens with zero attached hydrogens (tertiary/aromatic N) is 3. The van der Waals surface area contributed by atoms with Gasteiger partial charge in [-0.25, -0.2) is 4.98 Å². The Balaban J connectivity index is 1.39. The largest absolute Gasteiger partial charge is 0.350 e. The van der Waals surface area contributed by atoms with E-state index in [4.69, 9.17) is 0 Å². The third-order valence-corrected chi connectivity index (χ3v) is 6.87. The first-order valence-electron chi connectivity index (χ1n) is 11.5. The molecule has 0 spiro atoms. The van der Waals surface area contributed by atoms with Crippen LogP contribution in [0.15, 0.2) is 36.7 Å². The molecule has 8 heteroatoms. The molecule has 1 atom stereocenters. The Morgan fingerprint density at radius 1 is 1.12 bits per heavy atom. The molecule has 2 heterocycles. The number of amides is 3. The summed E-state index contributed by atoms with van der Waals surface area (Å²) >= 11 is 0. The summed E-state index contributed by atoms with van der Waals surface area (Å²) in [5.41, 5.74) is 0.415. The average molecular weight is 436 g/mol. The van der Waals surface area contributed by atoms with Gasteiger partial charge < -0.3 is 20.1 Å². The molecule has 0 bridgehead atoms. The molecule has 2 N–H and O–H groups in total. The molecule has 2 aliphatic carbocycles. The third kappa shape index (κ3) is 3.67. The van der Waals surface area contributed by atoms with Gasteiger partial charge >= 0.3 is 0 Å². The van der Waals surface area contributed by atoms with Gasteiger partial charge in [-0.2, -0.15) is 0 Å². The van der Waals surface area contributed by atoms with Gasteiger partial charge in [-0.3, -0.25) is 14.4 Å². The summed E-state index contributed by atoms with van der Waals surface area (Å²) < 4.78 is 1.67. The minimum atomic E-state index is -1.04. The summed E-state index contributed by atoms with van der Waals surface area (Å²) in [5.74, 6) is -0.782. The van der Waals surface area contributed by atoms with Crippen molar-refractivity contribution in [2.24, 2.45) is 0 Å². The van der Waals surface area contributed by atoms with Crippen LogP contribution in [0.1, 0.15) is 72.0 Å². The van der Waals surface area contributed by atoms with Crippen molar-refractivity contribution in [3.05, 3.63) is 53.6 Å². The smallest absolute Gasteiger partial charge is 0.274 e. The maximum absolute atomic E-state index is 13.6. The topological polar surface area (TPSA) is 96.3 Å². The fourth-order valence-corrected chi connectivity index (χ4v) is 5.01. The summed E-state index contributed by atoms with van der Waals surface area (Å²) in [4.78, 5) is 45.8. The predicted molar refractivity (Wildman–Crippen MR) is 118 cm³/mol. The molecular formula is C24H29N5O3. The number of hydrogen-bond acceptors (Lipinski definition) is 4. The highest BCUT2D eigenvalue weighted by molar-refractivity contribution is 6.07. The first-order valence-corrected chi connectivity index (χ1v) is 11.5. The molecule has 32 heavy (non-hydrogen) atoms. The van der Waals surface area contributed by atoms with E-state index >= 15 is 0 Å². The van der Waals surface area contributed by atoms with E-state index < -0.39 is 5.54 Å². The van der Waals surface area contributed by atoms with E-state index in [9.17, 15) is 14.4 Å². The monoisotopic (exact) mass is 435 g/mol. The van der Waals surface area contributed by atoms with Gasteiger partial charge in [0.05, 0.1) is 12.9 Å². The van der Waals surface area contributed by atoms with Crippen molar-refractivity contribution in [3.63, 3.8) is 0 Å². The first-order chi connectivity index (χ1) is 15.5. The lowest BCUT2D eigenvalue weighted by Crippen LogP contribution is -2.64. The zero-order chi connectivity index (χ0) is 22.3. The van der Waals surface area contributed by atoms with E-state index in [0.29, 0.717) is 12.2 Å². The second-order valence-corrected chi connectivity index (χ2v) is 9.37. The van der Waals surface area contributed by atoms with Gasteiger partial charge in [0.25, 0.3) is 11.8 Å². The van der Waals surface area contributed by atoms with Crippen LogP contribution in [-0.2, 0) is 17.9 Å². The summed E-state index contributed by atoms with van der Waals surface area (Å²) in [7, 11) is 0. The molecule has 1 aliphatic heterocycles. The Morgan fingerprint density at radius 3 is 2.53 bits per heavy atom. The number of fused-ring (bicyclic) bond motifs is 1. The van der Waals surface area contributed by atoms with Crippen LogP contribution in [0.5, 0.6) is 0 Å². The summed E-state index contributed by atoms with van der Waals surface area (Å²) in [6.07, 6.45) is 7.39. The molecule has 5 rings (SSSR count). The molecule has 1 aromatic heterocycles. The van der Waals surface area contributed by atoms with E-state index in [0.717, 1.165) is 44.1 Å². The molecule has 3 aliphatic rings. The molecule has 0 saturated heterocycles. The Bertz CT molecular complexity index is 1040. The van der Waals surface area contributed by atoms with Crippen molar-refractivity contribution in [1.29, 1.82) is 0 Å². The third-order valence-electron chi connectivity index (χ3n) is 6.87. The maximum atomic E-state index is 13.6. The Kier molecular flexibility index (Phi) is 5.23. The van der Waals surface area contributed by atoms with Gasteiger partial charge in [0.1, 0.15) is 11.2 Å². The second-order valence-electron chi connectivity index (χ2n) is 9.37. The molecule has 2 aromatic rings. The molecule has 1 unspecified atom stereocenters. The van der Waals surface area contributed by atoms with Crippen LogP contribution in [0.4, 0.5) is 0 Å². The molecule has 2 saturated carbocycles. The Labute approximate surface area is 187 Å². The SMILES string of the molecule is CC1(C(=O)NCc2ccccc2)Cn2cnc(C(=O)NC3CCCC3)c2C(=O)N1C1CC1. The molecule has 8 nitrogen and oxygen atoms in total. The number of aromatic nitrogens is 2. The van der Waals surface area contributed by atoms with Crippen molar-refractivity contribution in [1.82, 2.24) is 25.1 Å². The number of imidazole rings is 1. The number of hydrogen-bond donors (Lipinski definition) is 2. The normalized spacial score (nSPS) is 23.2. The van der Waals surface area contributed by atoms with Crippen LogP contribution in [-0.4, -0.2) is 49.8 Å². The van der Waals surface area contributed by atoms with Crippen LogP contribution >= 0.6 is 0 Å². The van der Waals surface area contributed by atoms with E-state index in [-0.39, 0.29) is 42.0 Å². The minimum Gasteiger partial charge on any atom is -0.350 e. The number of carbonyl (C=O) groups excluding carboxylic acids is 3. The molecular weight excluding hydrogens is 406 g/mol. The number of rotatable bonds is 6. The summed E-state index contributed by atoms with van der Waals surface area (Å²) in [6, 6.07) is 9.87. The van der Waals surface area contributed by atoms with Gasteiger partial charge in [0, 0.05) is 18.6 Å². The first kappa shape index (κ1) is 20.7. The highest BCUT2D eigenvalue weighted by Gasteiger charge is 2.53. The van der Waals surface area contributed by atoms with Crippen molar-refractivity contribution >= 4 is 17.7 Å². The molecule has 3 amide bonds. The second kappa shape index (κ2) is 8.07. The van der Waals surface area contributed by atoms with E-state index in [1.54, 1.807) is 9.47 Å². The van der Waals surface area contributed by atoms with Gasteiger partial charge in [-0.15, -0.1) is 0 Å². The fraction of sp³-hybridized carbons (Fsp3) is 0.500. The average Bonchev–Trinajstić information content (AvgIpc) is 3.30. The van der Waals surface area contributed by atoms with Crippen LogP contribution in [0, 0.1) is 0 Å². The highest BCUT2D eigenvalue weighted by atomic mass is 16.2. The van der Waals surface area contributed by atoms with E-state index in [1.165, 1.54) is 6.33 Å². The highest BCUT2D eigenvalue weighted by Crippen LogP contribution is 2.39. The Morgan fingerprint density at radius 2 is 1.84 bits per heavy atom. The molecule has 0 radical (unpaired) electrons. The van der Waals surface area contributed by atoms with Crippen LogP contribution in [0.2, 0.25) is 0 Å². The quantitative estimate of drug-likeness (QED) is 0.727. The summed E-state index contributed by atoms with van der Waals surface area (Å²) in [6.45, 7) is 2.48. The van der Waals surface area contributed by atoms with Gasteiger partial charge in [0.15, 0.2) is 5.69 Å². The predicted octanol–water partition coefficient (Wildman–Crippen LogP) is 2.25. The molecule has 2 fully saturated rings. The molecule has 1 aromatic carbocycles. The van der Waals surface area contributed by atoms with Crippen molar-refractivity contribution in [3.8, 4) is 0 Å². The van der Waals surface area contributed by atoms with Gasteiger partial charge in [-0.05, 0) is 38.2 Å². The van der Waals surface area contributed by atoms with E-state index in [2.05, 4.69) is 15.6 Å². The Hall–Kier alpha value is -3.16. The molecule has 168 valence electrons. The lowest BCUT2D eigenvalue weighted by atomic mass is 9.93. The lowest BCUT2D eigenvalue weighted by molar-refractivity contribution is -0.133. The zero-order valence-electron chi connectivity index (χ0n) is 18.3. The van der Waals surface area contributed by atoms with Crippen LogP contribution in [0.3, 0.4) is 0 Å². The van der Waals surface area contributed by atoms with Crippen LogP contribution < -0.4 is 10.6 Å². The minimum absolute atomic E-state index is 0.0179.